The quantitative estimate of drug-likeness (QED) is 0.735. The number of hydrogen-bond acceptors (Lipinski definition) is 2. The Morgan fingerprint density at radius 2 is 2.06 bits per heavy atom. The lowest BCUT2D eigenvalue weighted by Gasteiger charge is -2.28. The van der Waals surface area contributed by atoms with E-state index in [1.165, 1.54) is 32.1 Å². The third-order valence-corrected chi connectivity index (χ3v) is 4.80. The van der Waals surface area contributed by atoms with Gasteiger partial charge in [-0.05, 0) is 44.4 Å². The molecule has 0 N–H and O–H groups in total. The maximum atomic E-state index is 12.2. The smallest absolute Gasteiger partial charge is 0.136 e. The molecular formula is C16H28O2. The summed E-state index contributed by atoms with van der Waals surface area (Å²) in [7, 11) is 0. The van der Waals surface area contributed by atoms with E-state index >= 15 is 0 Å². The fourth-order valence-corrected chi connectivity index (χ4v) is 3.50. The van der Waals surface area contributed by atoms with E-state index in [0.29, 0.717) is 17.8 Å². The first-order valence-corrected chi connectivity index (χ1v) is 7.94. The highest BCUT2D eigenvalue weighted by Crippen LogP contribution is 2.32. The molecule has 0 aromatic carbocycles. The average Bonchev–Trinajstić information content (AvgIpc) is 2.46. The highest BCUT2D eigenvalue weighted by Gasteiger charge is 2.26. The van der Waals surface area contributed by atoms with Gasteiger partial charge in [-0.2, -0.15) is 0 Å². The molecule has 2 fully saturated rings. The first-order chi connectivity index (χ1) is 8.79. The molecule has 1 saturated carbocycles. The van der Waals surface area contributed by atoms with E-state index in [9.17, 15) is 4.79 Å². The number of rotatable bonds is 5. The van der Waals surface area contributed by atoms with Crippen LogP contribution in [0.25, 0.3) is 0 Å². The van der Waals surface area contributed by atoms with Gasteiger partial charge in [0.2, 0.25) is 0 Å². The van der Waals surface area contributed by atoms with Gasteiger partial charge in [0.25, 0.3) is 0 Å². The van der Waals surface area contributed by atoms with Crippen LogP contribution in [0.2, 0.25) is 0 Å². The minimum atomic E-state index is 0.368. The summed E-state index contributed by atoms with van der Waals surface area (Å²) in [5, 5.41) is 0. The van der Waals surface area contributed by atoms with Crippen LogP contribution in [0.5, 0.6) is 0 Å². The highest BCUT2D eigenvalue weighted by molar-refractivity contribution is 5.81. The van der Waals surface area contributed by atoms with Crippen molar-refractivity contribution in [3.05, 3.63) is 0 Å². The Morgan fingerprint density at radius 3 is 2.78 bits per heavy atom. The second-order valence-corrected chi connectivity index (χ2v) is 6.13. The van der Waals surface area contributed by atoms with Crippen molar-refractivity contribution >= 4 is 5.78 Å². The molecule has 0 amide bonds. The Balaban J connectivity index is 1.70. The lowest BCUT2D eigenvalue weighted by molar-refractivity contribution is -0.125. The predicted molar refractivity (Wildman–Crippen MR) is 73.6 cm³/mol. The Hall–Kier alpha value is -0.370. The number of carbonyl (C=O) groups excluding carboxylic acids is 1. The van der Waals surface area contributed by atoms with Crippen molar-refractivity contribution in [2.45, 2.75) is 77.2 Å². The minimum Gasteiger partial charge on any atom is -0.378 e. The van der Waals surface area contributed by atoms with Gasteiger partial charge in [0.05, 0.1) is 6.10 Å². The molecular weight excluding hydrogens is 224 g/mol. The van der Waals surface area contributed by atoms with Gasteiger partial charge in [0.15, 0.2) is 0 Å². The van der Waals surface area contributed by atoms with E-state index < -0.39 is 0 Å². The SMILES string of the molecule is CCC1CCCC(C(=O)CCC2CCCCO2)C1. The van der Waals surface area contributed by atoms with Crippen molar-refractivity contribution in [3.63, 3.8) is 0 Å². The zero-order chi connectivity index (χ0) is 12.8. The van der Waals surface area contributed by atoms with E-state index in [1.807, 2.05) is 0 Å². The second kappa shape index (κ2) is 7.28. The normalized spacial score (nSPS) is 33.3. The van der Waals surface area contributed by atoms with Gasteiger partial charge in [0, 0.05) is 18.9 Å². The summed E-state index contributed by atoms with van der Waals surface area (Å²) in [6, 6.07) is 0. The van der Waals surface area contributed by atoms with Gasteiger partial charge in [-0.15, -0.1) is 0 Å². The maximum Gasteiger partial charge on any atom is 0.136 e. The molecule has 2 heteroatoms. The van der Waals surface area contributed by atoms with Crippen molar-refractivity contribution < 1.29 is 9.53 Å². The van der Waals surface area contributed by atoms with Crippen molar-refractivity contribution in [3.8, 4) is 0 Å². The van der Waals surface area contributed by atoms with Crippen LogP contribution in [-0.4, -0.2) is 18.5 Å². The molecule has 2 rings (SSSR count). The lowest BCUT2D eigenvalue weighted by Crippen LogP contribution is -2.25. The van der Waals surface area contributed by atoms with Crippen LogP contribution in [0, 0.1) is 11.8 Å². The molecule has 0 radical (unpaired) electrons. The van der Waals surface area contributed by atoms with Crippen molar-refractivity contribution in [2.75, 3.05) is 6.61 Å². The van der Waals surface area contributed by atoms with Crippen LogP contribution in [0.1, 0.15) is 71.1 Å². The Morgan fingerprint density at radius 1 is 1.17 bits per heavy atom. The fraction of sp³-hybridized carbons (Fsp3) is 0.938. The second-order valence-electron chi connectivity index (χ2n) is 6.13. The van der Waals surface area contributed by atoms with Gasteiger partial charge in [-0.1, -0.05) is 26.2 Å². The van der Waals surface area contributed by atoms with Gasteiger partial charge >= 0.3 is 0 Å². The largest absolute Gasteiger partial charge is 0.378 e. The van der Waals surface area contributed by atoms with Crippen LogP contribution >= 0.6 is 0 Å². The van der Waals surface area contributed by atoms with Crippen molar-refractivity contribution in [2.24, 2.45) is 11.8 Å². The standard InChI is InChI=1S/C16H28O2/c1-2-13-6-5-7-14(12-13)16(17)10-9-15-8-3-4-11-18-15/h13-15H,2-12H2,1H3. The van der Waals surface area contributed by atoms with Crippen LogP contribution in [0.3, 0.4) is 0 Å². The zero-order valence-electron chi connectivity index (χ0n) is 11.8. The molecule has 104 valence electrons. The lowest BCUT2D eigenvalue weighted by atomic mass is 9.77. The molecule has 1 aliphatic heterocycles. The molecule has 2 aliphatic rings. The average molecular weight is 252 g/mol. The molecule has 2 nitrogen and oxygen atoms in total. The van der Waals surface area contributed by atoms with Gasteiger partial charge < -0.3 is 4.74 Å². The summed E-state index contributed by atoms with van der Waals surface area (Å²) >= 11 is 0. The van der Waals surface area contributed by atoms with E-state index in [2.05, 4.69) is 6.92 Å². The molecule has 0 aromatic heterocycles. The van der Waals surface area contributed by atoms with Gasteiger partial charge in [-0.3, -0.25) is 4.79 Å². The third-order valence-electron chi connectivity index (χ3n) is 4.80. The number of ether oxygens (including phenoxy) is 1. The summed E-state index contributed by atoms with van der Waals surface area (Å²) in [6.45, 7) is 3.16. The molecule has 3 unspecified atom stereocenters. The van der Waals surface area contributed by atoms with Gasteiger partial charge in [-0.25, -0.2) is 0 Å². The molecule has 3 atom stereocenters. The van der Waals surface area contributed by atoms with Crippen LogP contribution in [-0.2, 0) is 9.53 Å². The highest BCUT2D eigenvalue weighted by atomic mass is 16.5. The Kier molecular flexibility index (Phi) is 5.68. The van der Waals surface area contributed by atoms with E-state index in [-0.39, 0.29) is 0 Å². The van der Waals surface area contributed by atoms with Crippen LogP contribution in [0.4, 0.5) is 0 Å². The monoisotopic (exact) mass is 252 g/mol. The molecule has 0 bridgehead atoms. The maximum absolute atomic E-state index is 12.2. The van der Waals surface area contributed by atoms with E-state index in [4.69, 9.17) is 4.74 Å². The molecule has 1 aliphatic carbocycles. The molecule has 0 aromatic rings. The number of ketones is 1. The summed E-state index contributed by atoms with van der Waals surface area (Å²) < 4.78 is 5.71. The number of carbonyl (C=O) groups is 1. The molecule has 0 spiro atoms. The van der Waals surface area contributed by atoms with Gasteiger partial charge in [0.1, 0.15) is 5.78 Å². The van der Waals surface area contributed by atoms with Crippen LogP contribution in [0.15, 0.2) is 0 Å². The summed E-state index contributed by atoms with van der Waals surface area (Å²) in [5.74, 6) is 1.69. The first-order valence-electron chi connectivity index (χ1n) is 7.94. The summed E-state index contributed by atoms with van der Waals surface area (Å²) in [5.41, 5.74) is 0. The summed E-state index contributed by atoms with van der Waals surface area (Å²) in [6.07, 6.45) is 11.9. The fourth-order valence-electron chi connectivity index (χ4n) is 3.50. The third kappa shape index (κ3) is 4.08. The van der Waals surface area contributed by atoms with E-state index in [0.717, 1.165) is 44.6 Å². The Labute approximate surface area is 111 Å². The topological polar surface area (TPSA) is 26.3 Å². The van der Waals surface area contributed by atoms with Crippen LogP contribution < -0.4 is 0 Å². The first kappa shape index (κ1) is 14.0. The minimum absolute atomic E-state index is 0.368. The van der Waals surface area contributed by atoms with Crippen molar-refractivity contribution in [1.29, 1.82) is 0 Å². The molecule has 1 heterocycles. The molecule has 1 saturated heterocycles. The Bertz CT molecular complexity index is 256. The zero-order valence-corrected chi connectivity index (χ0v) is 11.8. The molecule has 18 heavy (non-hydrogen) atoms. The van der Waals surface area contributed by atoms with Crippen molar-refractivity contribution in [1.82, 2.24) is 0 Å². The number of hydrogen-bond donors (Lipinski definition) is 0. The summed E-state index contributed by atoms with van der Waals surface area (Å²) in [4.78, 5) is 12.2. The predicted octanol–water partition coefficient (Wildman–Crippen LogP) is 4.12. The number of Topliss-reactive ketones (excluding diaryl/α,β-unsaturated/α-hetero) is 1. The van der Waals surface area contributed by atoms with E-state index in [1.54, 1.807) is 0 Å².